The fourth-order valence-electron chi connectivity index (χ4n) is 6.43. The van der Waals surface area contributed by atoms with Crippen molar-refractivity contribution in [3.8, 4) is 17.2 Å². The molecule has 4 aromatic rings. The van der Waals surface area contributed by atoms with Crippen molar-refractivity contribution in [1.29, 1.82) is 0 Å². The Morgan fingerprint density at radius 2 is 1.68 bits per heavy atom. The number of amides is 1. The van der Waals surface area contributed by atoms with E-state index in [1.807, 2.05) is 68.4 Å². The summed E-state index contributed by atoms with van der Waals surface area (Å²) < 4.78 is 19.3. The Kier molecular flexibility index (Phi) is 9.72. The van der Waals surface area contributed by atoms with Crippen molar-refractivity contribution in [2.24, 2.45) is 0 Å². The molecular formula is C36H41N5O6. The molecule has 2 unspecified atom stereocenters. The van der Waals surface area contributed by atoms with Crippen LogP contribution in [0.4, 0.5) is 0 Å². The zero-order valence-corrected chi connectivity index (χ0v) is 27.0. The minimum atomic E-state index is -0.613. The molecule has 2 atom stereocenters. The second-order valence-corrected chi connectivity index (χ2v) is 12.2. The molecule has 47 heavy (non-hydrogen) atoms. The number of rotatable bonds is 11. The largest absolute Gasteiger partial charge is 0.466 e. The molecule has 11 heteroatoms. The van der Waals surface area contributed by atoms with Gasteiger partial charge >= 0.3 is 11.7 Å². The topological polar surface area (TPSA) is 117 Å². The zero-order valence-electron chi connectivity index (χ0n) is 27.0. The summed E-state index contributed by atoms with van der Waals surface area (Å²) in [4.78, 5) is 41.8. The summed E-state index contributed by atoms with van der Waals surface area (Å²) in [7, 11) is 0. The summed E-state index contributed by atoms with van der Waals surface area (Å²) in [6.45, 7) is 7.45. The maximum absolute atomic E-state index is 14.2. The lowest BCUT2D eigenvalue weighted by Gasteiger charge is -2.38. The summed E-state index contributed by atoms with van der Waals surface area (Å²) in [6.07, 6.45) is 3.29. The van der Waals surface area contributed by atoms with Gasteiger partial charge in [0.15, 0.2) is 11.5 Å². The Bertz CT molecular complexity index is 1740. The standard InChI is InChI=1S/C36H41N5O6/c1-4-45-33(42)21-30(28-12-15-31-32(20-28)47-23-46-31)38-35(43)34(27-8-6-5-7-9-27)39-18-16-26(17-19-39)25-10-13-29(14-11-25)40-22-37-41(24(2)3)36(40)44/h5-15,20,22,24,26,30,34H,4,16-19,21,23H2,1-3H3,(H,38,43). The molecule has 2 aliphatic rings. The maximum Gasteiger partial charge on any atom is 0.350 e. The molecule has 2 aliphatic heterocycles. The average Bonchev–Trinajstić information content (AvgIpc) is 3.72. The van der Waals surface area contributed by atoms with Crippen LogP contribution in [-0.2, 0) is 14.3 Å². The van der Waals surface area contributed by atoms with Crippen molar-refractivity contribution in [1.82, 2.24) is 24.6 Å². The Balaban J connectivity index is 1.18. The zero-order chi connectivity index (χ0) is 32.9. The van der Waals surface area contributed by atoms with Crippen LogP contribution in [0.15, 0.2) is 83.9 Å². The number of esters is 1. The molecule has 0 bridgehead atoms. The van der Waals surface area contributed by atoms with E-state index in [4.69, 9.17) is 14.2 Å². The highest BCUT2D eigenvalue weighted by atomic mass is 16.7. The lowest BCUT2D eigenvalue weighted by atomic mass is 9.88. The van der Waals surface area contributed by atoms with Gasteiger partial charge in [0.05, 0.1) is 30.8 Å². The van der Waals surface area contributed by atoms with Crippen molar-refractivity contribution in [3.63, 3.8) is 0 Å². The molecule has 246 valence electrons. The Morgan fingerprint density at radius 3 is 2.36 bits per heavy atom. The summed E-state index contributed by atoms with van der Waals surface area (Å²) in [6, 6.07) is 22.2. The lowest BCUT2D eigenvalue weighted by Crippen LogP contribution is -2.45. The number of fused-ring (bicyclic) bond motifs is 1. The fraction of sp³-hybridized carbons (Fsp3) is 0.389. The molecule has 1 saturated heterocycles. The minimum Gasteiger partial charge on any atom is -0.466 e. The molecule has 1 aromatic heterocycles. The van der Waals surface area contributed by atoms with Gasteiger partial charge in [-0.3, -0.25) is 14.5 Å². The summed E-state index contributed by atoms with van der Waals surface area (Å²) in [5, 5.41) is 7.41. The number of nitrogens with one attached hydrogen (secondary N) is 1. The van der Waals surface area contributed by atoms with Crippen molar-refractivity contribution < 1.29 is 23.8 Å². The van der Waals surface area contributed by atoms with Crippen molar-refractivity contribution >= 4 is 11.9 Å². The van der Waals surface area contributed by atoms with Gasteiger partial charge in [0.2, 0.25) is 12.7 Å². The minimum absolute atomic E-state index is 0.0107. The van der Waals surface area contributed by atoms with E-state index in [0.717, 1.165) is 29.7 Å². The SMILES string of the molecule is CCOC(=O)CC(NC(=O)C(c1ccccc1)N1CCC(c2ccc(-n3cnn(C(C)C)c3=O)cc2)CC1)c1ccc2c(c1)OCO2. The van der Waals surface area contributed by atoms with E-state index in [2.05, 4.69) is 27.4 Å². The highest BCUT2D eigenvalue weighted by molar-refractivity contribution is 5.84. The maximum atomic E-state index is 14.2. The molecule has 0 aliphatic carbocycles. The quantitative estimate of drug-likeness (QED) is 0.226. The van der Waals surface area contributed by atoms with Crippen LogP contribution < -0.4 is 20.5 Å². The van der Waals surface area contributed by atoms with Crippen LogP contribution >= 0.6 is 0 Å². The van der Waals surface area contributed by atoms with Gasteiger partial charge in [-0.05, 0) is 93.6 Å². The van der Waals surface area contributed by atoms with E-state index >= 15 is 0 Å². The van der Waals surface area contributed by atoms with E-state index in [1.54, 1.807) is 23.9 Å². The van der Waals surface area contributed by atoms with Gasteiger partial charge in [0, 0.05) is 0 Å². The van der Waals surface area contributed by atoms with Crippen LogP contribution in [0, 0.1) is 0 Å². The van der Waals surface area contributed by atoms with Crippen LogP contribution in [0.2, 0.25) is 0 Å². The monoisotopic (exact) mass is 639 g/mol. The lowest BCUT2D eigenvalue weighted by molar-refractivity contribution is -0.144. The molecule has 11 nitrogen and oxygen atoms in total. The molecule has 6 rings (SSSR count). The van der Waals surface area contributed by atoms with E-state index in [1.165, 1.54) is 10.2 Å². The van der Waals surface area contributed by atoms with Gasteiger partial charge in [-0.1, -0.05) is 48.5 Å². The number of likely N-dealkylation sites (tertiary alicyclic amines) is 1. The summed E-state index contributed by atoms with van der Waals surface area (Å²) in [5.41, 5.74) is 3.46. The van der Waals surface area contributed by atoms with Gasteiger partial charge in [0.25, 0.3) is 0 Å². The average molecular weight is 640 g/mol. The number of benzene rings is 3. The van der Waals surface area contributed by atoms with Crippen molar-refractivity contribution in [3.05, 3.63) is 106 Å². The van der Waals surface area contributed by atoms with Gasteiger partial charge in [0.1, 0.15) is 12.4 Å². The van der Waals surface area contributed by atoms with Crippen LogP contribution in [-0.4, -0.2) is 57.6 Å². The first-order valence-corrected chi connectivity index (χ1v) is 16.2. The number of carbonyl (C=O) groups is 2. The number of ether oxygens (including phenoxy) is 3. The number of aromatic nitrogens is 3. The third-order valence-corrected chi connectivity index (χ3v) is 8.88. The fourth-order valence-corrected chi connectivity index (χ4v) is 6.43. The highest BCUT2D eigenvalue weighted by Gasteiger charge is 2.33. The summed E-state index contributed by atoms with van der Waals surface area (Å²) in [5.74, 6) is 0.958. The van der Waals surface area contributed by atoms with Gasteiger partial charge in [-0.25, -0.2) is 14.0 Å². The molecule has 1 amide bonds. The number of hydrogen-bond acceptors (Lipinski definition) is 8. The van der Waals surface area contributed by atoms with E-state index in [0.29, 0.717) is 30.5 Å². The Morgan fingerprint density at radius 1 is 0.957 bits per heavy atom. The molecule has 3 aromatic carbocycles. The predicted molar refractivity (Wildman–Crippen MR) is 176 cm³/mol. The molecule has 0 spiro atoms. The van der Waals surface area contributed by atoms with Crippen LogP contribution in [0.25, 0.3) is 5.69 Å². The number of carbonyl (C=O) groups excluding carboxylic acids is 2. The molecule has 0 saturated carbocycles. The van der Waals surface area contributed by atoms with Gasteiger partial charge < -0.3 is 19.5 Å². The Labute approximate surface area is 274 Å². The van der Waals surface area contributed by atoms with Gasteiger partial charge in [-0.15, -0.1) is 0 Å². The van der Waals surface area contributed by atoms with Crippen molar-refractivity contribution in [2.75, 3.05) is 26.5 Å². The van der Waals surface area contributed by atoms with Crippen LogP contribution in [0.1, 0.15) is 80.8 Å². The molecule has 0 radical (unpaired) electrons. The Hall–Kier alpha value is -4.90. The van der Waals surface area contributed by atoms with Crippen LogP contribution in [0.3, 0.4) is 0 Å². The predicted octanol–water partition coefficient (Wildman–Crippen LogP) is 5.08. The first kappa shape index (κ1) is 32.1. The van der Waals surface area contributed by atoms with Crippen LogP contribution in [0.5, 0.6) is 11.5 Å². The van der Waals surface area contributed by atoms with Crippen molar-refractivity contribution in [2.45, 2.75) is 64.1 Å². The number of piperidine rings is 1. The third-order valence-electron chi connectivity index (χ3n) is 8.88. The van der Waals surface area contributed by atoms with E-state index < -0.39 is 18.1 Å². The normalized spacial score (nSPS) is 16.2. The molecular weight excluding hydrogens is 598 g/mol. The number of hydrogen-bond donors (Lipinski definition) is 1. The second-order valence-electron chi connectivity index (χ2n) is 12.2. The summed E-state index contributed by atoms with van der Waals surface area (Å²) >= 11 is 0. The molecule has 1 fully saturated rings. The molecule has 3 heterocycles. The highest BCUT2D eigenvalue weighted by Crippen LogP contribution is 2.36. The smallest absolute Gasteiger partial charge is 0.350 e. The first-order valence-electron chi connectivity index (χ1n) is 16.2. The molecule has 1 N–H and O–H groups in total. The third kappa shape index (κ3) is 7.10. The van der Waals surface area contributed by atoms with Gasteiger partial charge in [-0.2, -0.15) is 5.10 Å². The van der Waals surface area contributed by atoms with E-state index in [-0.39, 0.29) is 37.5 Å². The first-order chi connectivity index (χ1) is 22.8. The number of nitrogens with zero attached hydrogens (tertiary/aromatic N) is 4. The van der Waals surface area contributed by atoms with E-state index in [9.17, 15) is 14.4 Å². The second kappa shape index (κ2) is 14.3.